The van der Waals surface area contributed by atoms with Gasteiger partial charge in [0.2, 0.25) is 5.91 Å². The van der Waals surface area contributed by atoms with E-state index in [0.717, 1.165) is 6.42 Å². The van der Waals surface area contributed by atoms with Gasteiger partial charge in [-0.05, 0) is 43.2 Å². The maximum atomic E-state index is 13.6. The Morgan fingerprint density at radius 2 is 2.04 bits per heavy atom. The summed E-state index contributed by atoms with van der Waals surface area (Å²) in [6.07, 6.45) is 1.35. The van der Waals surface area contributed by atoms with E-state index in [2.05, 4.69) is 5.32 Å². The largest absolute Gasteiger partial charge is 0.494 e. The van der Waals surface area contributed by atoms with E-state index in [1.807, 2.05) is 0 Å². The molecule has 0 unspecified atom stereocenters. The summed E-state index contributed by atoms with van der Waals surface area (Å²) in [4.78, 5) is 25.9. The molecule has 0 saturated carbocycles. The summed E-state index contributed by atoms with van der Waals surface area (Å²) < 4.78 is 19.0. The van der Waals surface area contributed by atoms with E-state index in [1.165, 1.54) is 13.2 Å². The molecule has 2 aromatic rings. The van der Waals surface area contributed by atoms with Crippen LogP contribution in [0, 0.1) is 12.7 Å². The van der Waals surface area contributed by atoms with Gasteiger partial charge in [0.15, 0.2) is 0 Å². The van der Waals surface area contributed by atoms with E-state index in [4.69, 9.17) is 4.74 Å². The Labute approximate surface area is 145 Å². The average Bonchev–Trinajstić information content (AvgIpc) is 3.03. The van der Waals surface area contributed by atoms with Crippen LogP contribution in [0.25, 0.3) is 0 Å². The van der Waals surface area contributed by atoms with Gasteiger partial charge in [0.1, 0.15) is 11.6 Å². The van der Waals surface area contributed by atoms with Gasteiger partial charge in [0.25, 0.3) is 5.91 Å². The van der Waals surface area contributed by atoms with Crippen LogP contribution >= 0.6 is 0 Å². The molecule has 0 spiro atoms. The molecule has 2 amide bonds. The van der Waals surface area contributed by atoms with E-state index in [-0.39, 0.29) is 11.5 Å². The second-order valence-corrected chi connectivity index (χ2v) is 5.95. The number of nitrogens with one attached hydrogen (secondary N) is 1. The first-order valence-electron chi connectivity index (χ1n) is 8.05. The quantitative estimate of drug-likeness (QED) is 0.925. The number of rotatable bonds is 4. The van der Waals surface area contributed by atoms with Crippen LogP contribution in [0.15, 0.2) is 36.4 Å². The molecule has 0 aromatic heterocycles. The highest BCUT2D eigenvalue weighted by molar-refractivity contribution is 6.05. The molecule has 130 valence electrons. The molecular formula is C19H19FN2O3. The van der Waals surface area contributed by atoms with Crippen molar-refractivity contribution in [3.63, 3.8) is 0 Å². The summed E-state index contributed by atoms with van der Waals surface area (Å²) in [7, 11) is 1.51. The first-order valence-corrected chi connectivity index (χ1v) is 8.05. The molecule has 3 rings (SSSR count). The van der Waals surface area contributed by atoms with E-state index < -0.39 is 11.7 Å². The molecule has 25 heavy (non-hydrogen) atoms. The number of hydrogen-bond acceptors (Lipinski definition) is 3. The first-order chi connectivity index (χ1) is 12.0. The molecule has 6 heteroatoms. The summed E-state index contributed by atoms with van der Waals surface area (Å²) in [5, 5.41) is 2.72. The fourth-order valence-corrected chi connectivity index (χ4v) is 2.82. The fraction of sp³-hybridized carbons (Fsp3) is 0.263. The zero-order valence-electron chi connectivity index (χ0n) is 14.1. The first kappa shape index (κ1) is 17.0. The minimum atomic E-state index is -0.423. The lowest BCUT2D eigenvalue weighted by Gasteiger charge is -2.19. The highest BCUT2D eigenvalue weighted by Crippen LogP contribution is 2.34. The SMILES string of the molecule is COc1cc(NC(=O)c2ccc(C)c(F)c2)ccc1N1CCCC1=O. The van der Waals surface area contributed by atoms with Gasteiger partial charge in [-0.25, -0.2) is 4.39 Å². The van der Waals surface area contributed by atoms with Crippen molar-refractivity contribution in [1.82, 2.24) is 0 Å². The van der Waals surface area contributed by atoms with Gasteiger partial charge in [-0.1, -0.05) is 6.07 Å². The molecule has 1 N–H and O–H groups in total. The van der Waals surface area contributed by atoms with Crippen LogP contribution in [0.4, 0.5) is 15.8 Å². The normalized spacial score (nSPS) is 13.9. The lowest BCUT2D eigenvalue weighted by atomic mass is 10.1. The number of hydrogen-bond donors (Lipinski definition) is 1. The second kappa shape index (κ2) is 6.93. The van der Waals surface area contributed by atoms with Crippen molar-refractivity contribution < 1.29 is 18.7 Å². The highest BCUT2D eigenvalue weighted by Gasteiger charge is 2.24. The number of amides is 2. The number of carbonyl (C=O) groups is 2. The van der Waals surface area contributed by atoms with Crippen molar-refractivity contribution in [2.45, 2.75) is 19.8 Å². The molecule has 2 aromatic carbocycles. The number of aryl methyl sites for hydroxylation is 1. The molecule has 1 fully saturated rings. The topological polar surface area (TPSA) is 58.6 Å². The summed E-state index contributed by atoms with van der Waals surface area (Å²) in [5.74, 6) is -0.271. The summed E-state index contributed by atoms with van der Waals surface area (Å²) in [6, 6.07) is 9.44. The minimum absolute atomic E-state index is 0.0604. The summed E-state index contributed by atoms with van der Waals surface area (Å²) in [5.41, 5.74) is 1.92. The number of carbonyl (C=O) groups excluding carboxylic acids is 2. The van der Waals surface area contributed by atoms with E-state index in [0.29, 0.717) is 35.7 Å². The van der Waals surface area contributed by atoms with Gasteiger partial charge >= 0.3 is 0 Å². The van der Waals surface area contributed by atoms with Crippen LogP contribution in [-0.4, -0.2) is 25.5 Å². The fourth-order valence-electron chi connectivity index (χ4n) is 2.82. The molecule has 5 nitrogen and oxygen atoms in total. The van der Waals surface area contributed by atoms with Crippen molar-refractivity contribution >= 4 is 23.2 Å². The van der Waals surface area contributed by atoms with Gasteiger partial charge in [0.05, 0.1) is 12.8 Å². The number of benzene rings is 2. The monoisotopic (exact) mass is 342 g/mol. The maximum absolute atomic E-state index is 13.6. The molecule has 1 aliphatic rings. The molecule has 1 heterocycles. The number of nitrogens with zero attached hydrogens (tertiary/aromatic N) is 1. The van der Waals surface area contributed by atoms with Crippen LogP contribution in [0.3, 0.4) is 0 Å². The Morgan fingerprint density at radius 3 is 2.68 bits per heavy atom. The van der Waals surface area contributed by atoms with Gasteiger partial charge < -0.3 is 15.0 Å². The van der Waals surface area contributed by atoms with Crippen molar-refractivity contribution in [1.29, 1.82) is 0 Å². The molecule has 1 saturated heterocycles. The second-order valence-electron chi connectivity index (χ2n) is 5.95. The van der Waals surface area contributed by atoms with Crippen LogP contribution < -0.4 is 15.0 Å². The average molecular weight is 342 g/mol. The van der Waals surface area contributed by atoms with Crippen LogP contribution in [0.2, 0.25) is 0 Å². The molecule has 0 bridgehead atoms. The van der Waals surface area contributed by atoms with Gasteiger partial charge in [-0.3, -0.25) is 9.59 Å². The lowest BCUT2D eigenvalue weighted by Crippen LogP contribution is -2.24. The van der Waals surface area contributed by atoms with Crippen molar-refractivity contribution in [3.8, 4) is 5.75 Å². The predicted octanol–water partition coefficient (Wildman–Crippen LogP) is 3.52. The predicted molar refractivity (Wildman–Crippen MR) is 93.7 cm³/mol. The number of halogens is 1. The molecular weight excluding hydrogens is 323 g/mol. The minimum Gasteiger partial charge on any atom is -0.494 e. The van der Waals surface area contributed by atoms with E-state index in [9.17, 15) is 14.0 Å². The Kier molecular flexibility index (Phi) is 4.70. The van der Waals surface area contributed by atoms with Crippen LogP contribution in [0.1, 0.15) is 28.8 Å². The Bertz CT molecular complexity index is 835. The zero-order chi connectivity index (χ0) is 18.0. The Balaban J connectivity index is 1.82. The number of ether oxygens (including phenoxy) is 1. The summed E-state index contributed by atoms with van der Waals surface area (Å²) >= 11 is 0. The molecule has 0 atom stereocenters. The third-order valence-electron chi connectivity index (χ3n) is 4.24. The van der Waals surface area contributed by atoms with E-state index in [1.54, 1.807) is 42.2 Å². The standard InChI is InChI=1S/C19H19FN2O3/c1-12-5-6-13(10-15(12)20)19(24)21-14-7-8-16(17(11-14)25-2)22-9-3-4-18(22)23/h5-8,10-11H,3-4,9H2,1-2H3,(H,21,24). The van der Waals surface area contributed by atoms with Gasteiger partial charge in [0, 0.05) is 30.3 Å². The molecule has 0 aliphatic carbocycles. The number of anilines is 2. The van der Waals surface area contributed by atoms with Crippen LogP contribution in [0.5, 0.6) is 5.75 Å². The lowest BCUT2D eigenvalue weighted by molar-refractivity contribution is -0.117. The van der Waals surface area contributed by atoms with Gasteiger partial charge in [-0.15, -0.1) is 0 Å². The van der Waals surface area contributed by atoms with Crippen molar-refractivity contribution in [3.05, 3.63) is 53.3 Å². The van der Waals surface area contributed by atoms with Crippen molar-refractivity contribution in [2.24, 2.45) is 0 Å². The van der Waals surface area contributed by atoms with Crippen molar-refractivity contribution in [2.75, 3.05) is 23.9 Å². The third-order valence-corrected chi connectivity index (χ3v) is 4.24. The Morgan fingerprint density at radius 1 is 1.24 bits per heavy atom. The third kappa shape index (κ3) is 3.47. The van der Waals surface area contributed by atoms with E-state index >= 15 is 0 Å². The summed E-state index contributed by atoms with van der Waals surface area (Å²) in [6.45, 7) is 2.30. The Hall–Kier alpha value is -2.89. The zero-order valence-corrected chi connectivity index (χ0v) is 14.1. The van der Waals surface area contributed by atoms with Gasteiger partial charge in [-0.2, -0.15) is 0 Å². The maximum Gasteiger partial charge on any atom is 0.255 e. The molecule has 0 radical (unpaired) electrons. The number of methoxy groups -OCH3 is 1. The smallest absolute Gasteiger partial charge is 0.255 e. The highest BCUT2D eigenvalue weighted by atomic mass is 19.1. The molecule has 1 aliphatic heterocycles. The van der Waals surface area contributed by atoms with Crippen LogP contribution in [-0.2, 0) is 4.79 Å².